The second-order valence-electron chi connectivity index (χ2n) is 7.02. The van der Waals surface area contributed by atoms with E-state index in [1.165, 1.54) is 62.9 Å². The highest BCUT2D eigenvalue weighted by Crippen LogP contribution is 2.42. The minimum absolute atomic E-state index is 0.228. The first kappa shape index (κ1) is 17.6. The molecule has 2 saturated heterocycles. The molecule has 2 nitrogen and oxygen atoms in total. The van der Waals surface area contributed by atoms with E-state index in [1.54, 1.807) is 0 Å². The highest BCUT2D eigenvalue weighted by molar-refractivity contribution is 7.99. The normalized spacial score (nSPS) is 28.4. The first-order chi connectivity index (χ1) is 10.2. The summed E-state index contributed by atoms with van der Waals surface area (Å²) in [6.45, 7) is 5.67. The van der Waals surface area contributed by atoms with Crippen molar-refractivity contribution < 1.29 is 4.74 Å². The van der Waals surface area contributed by atoms with Crippen molar-refractivity contribution in [1.29, 1.82) is 0 Å². The molecule has 2 aliphatic rings. The number of ether oxygens (including phenoxy) is 1. The topological polar surface area (TPSA) is 21.3 Å². The van der Waals surface area contributed by atoms with Gasteiger partial charge in [-0.1, -0.05) is 33.1 Å². The lowest BCUT2D eigenvalue weighted by Crippen LogP contribution is -2.50. The molecule has 2 aliphatic heterocycles. The number of unbranched alkanes of at least 4 members (excludes halogenated alkanes) is 1. The molecule has 0 aliphatic carbocycles. The fourth-order valence-corrected chi connectivity index (χ4v) is 5.66. The van der Waals surface area contributed by atoms with Gasteiger partial charge in [-0.15, -0.1) is 0 Å². The molecule has 3 unspecified atom stereocenters. The first-order valence-electron chi connectivity index (χ1n) is 9.13. The average molecular weight is 314 g/mol. The first-order valence-corrected chi connectivity index (χ1v) is 10.3. The largest absolute Gasteiger partial charge is 0.375 e. The molecule has 21 heavy (non-hydrogen) atoms. The Hall–Kier alpha value is 0.270. The molecule has 1 spiro atoms. The van der Waals surface area contributed by atoms with Crippen LogP contribution in [0.2, 0.25) is 0 Å². The van der Waals surface area contributed by atoms with Crippen molar-refractivity contribution in [1.82, 2.24) is 5.32 Å². The molecule has 3 atom stereocenters. The number of hydrogen-bond acceptors (Lipinski definition) is 3. The van der Waals surface area contributed by atoms with E-state index in [0.29, 0.717) is 6.04 Å². The summed E-state index contributed by atoms with van der Waals surface area (Å²) in [5.74, 6) is 4.25. The Morgan fingerprint density at radius 3 is 2.67 bits per heavy atom. The summed E-state index contributed by atoms with van der Waals surface area (Å²) >= 11 is 2.10. The molecule has 2 fully saturated rings. The van der Waals surface area contributed by atoms with Gasteiger partial charge in [0, 0.05) is 12.6 Å². The Morgan fingerprint density at radius 2 is 2.05 bits per heavy atom. The van der Waals surface area contributed by atoms with Gasteiger partial charge in [-0.3, -0.25) is 0 Å². The summed E-state index contributed by atoms with van der Waals surface area (Å²) in [5, 5.41) is 3.69. The second-order valence-corrected chi connectivity index (χ2v) is 8.25. The van der Waals surface area contributed by atoms with E-state index >= 15 is 0 Å². The Balaban J connectivity index is 1.99. The predicted molar refractivity (Wildman–Crippen MR) is 94.1 cm³/mol. The zero-order chi connectivity index (χ0) is 15.1. The summed E-state index contributed by atoms with van der Waals surface area (Å²) in [4.78, 5) is 0. The van der Waals surface area contributed by atoms with Crippen LogP contribution < -0.4 is 5.32 Å². The van der Waals surface area contributed by atoms with E-state index in [-0.39, 0.29) is 5.60 Å². The van der Waals surface area contributed by atoms with Gasteiger partial charge in [-0.05, 0) is 62.5 Å². The van der Waals surface area contributed by atoms with E-state index in [4.69, 9.17) is 4.74 Å². The Labute approximate surface area is 136 Å². The quantitative estimate of drug-likeness (QED) is 0.748. The molecule has 0 bridgehead atoms. The van der Waals surface area contributed by atoms with Gasteiger partial charge in [0.1, 0.15) is 0 Å². The van der Waals surface area contributed by atoms with E-state index in [2.05, 4.69) is 38.0 Å². The van der Waals surface area contributed by atoms with Crippen LogP contribution >= 0.6 is 11.8 Å². The van der Waals surface area contributed by atoms with Crippen molar-refractivity contribution in [3.63, 3.8) is 0 Å². The third-order valence-electron chi connectivity index (χ3n) is 5.74. The van der Waals surface area contributed by atoms with Gasteiger partial charge >= 0.3 is 0 Å². The van der Waals surface area contributed by atoms with Gasteiger partial charge in [0.05, 0.1) is 5.60 Å². The van der Waals surface area contributed by atoms with E-state index in [1.807, 2.05) is 0 Å². The number of hydrogen-bond donors (Lipinski definition) is 1. The maximum absolute atomic E-state index is 6.28. The maximum atomic E-state index is 6.28. The number of thioether (sulfide) groups is 1. The van der Waals surface area contributed by atoms with Gasteiger partial charge in [-0.25, -0.2) is 0 Å². The molecule has 0 aromatic heterocycles. The summed E-state index contributed by atoms with van der Waals surface area (Å²) in [7, 11) is 2.18. The van der Waals surface area contributed by atoms with Crippen LogP contribution in [-0.2, 0) is 4.74 Å². The van der Waals surface area contributed by atoms with E-state index in [0.717, 1.165) is 18.4 Å². The van der Waals surface area contributed by atoms with Gasteiger partial charge < -0.3 is 10.1 Å². The highest BCUT2D eigenvalue weighted by atomic mass is 32.2. The maximum Gasteiger partial charge on any atom is 0.0701 e. The SMILES string of the molecule is CCCCC(CC)C(NC)C1CCOC2(CCSCC2)C1. The van der Waals surface area contributed by atoms with Gasteiger partial charge in [-0.2, -0.15) is 11.8 Å². The van der Waals surface area contributed by atoms with Crippen LogP contribution in [0.1, 0.15) is 65.2 Å². The van der Waals surface area contributed by atoms with Gasteiger partial charge in [0.25, 0.3) is 0 Å². The summed E-state index contributed by atoms with van der Waals surface area (Å²) in [5.41, 5.74) is 0.228. The molecule has 0 aromatic carbocycles. The standard InChI is InChI=1S/C18H35NOS/c1-4-6-7-15(5-2)17(19-3)16-8-11-20-18(14-16)9-12-21-13-10-18/h15-17,19H,4-14H2,1-3H3. The molecule has 0 amide bonds. The lowest BCUT2D eigenvalue weighted by atomic mass is 9.74. The molecule has 2 rings (SSSR count). The molecule has 0 saturated carbocycles. The van der Waals surface area contributed by atoms with Crippen LogP contribution in [-0.4, -0.2) is 36.8 Å². The lowest BCUT2D eigenvalue weighted by Gasteiger charge is -2.46. The van der Waals surface area contributed by atoms with Crippen molar-refractivity contribution in [2.24, 2.45) is 11.8 Å². The molecular weight excluding hydrogens is 278 g/mol. The van der Waals surface area contributed by atoms with Gasteiger partial charge in [0.15, 0.2) is 0 Å². The van der Waals surface area contributed by atoms with Crippen molar-refractivity contribution in [3.8, 4) is 0 Å². The van der Waals surface area contributed by atoms with Crippen LogP contribution in [0.4, 0.5) is 0 Å². The highest BCUT2D eigenvalue weighted by Gasteiger charge is 2.41. The monoisotopic (exact) mass is 313 g/mol. The Kier molecular flexibility index (Phi) is 7.37. The van der Waals surface area contributed by atoms with Crippen LogP contribution in [0.25, 0.3) is 0 Å². The number of nitrogens with one attached hydrogen (secondary N) is 1. The molecule has 0 radical (unpaired) electrons. The van der Waals surface area contributed by atoms with E-state index in [9.17, 15) is 0 Å². The van der Waals surface area contributed by atoms with Crippen molar-refractivity contribution in [2.75, 3.05) is 25.2 Å². The van der Waals surface area contributed by atoms with Crippen LogP contribution in [0, 0.1) is 11.8 Å². The average Bonchev–Trinajstić information content (AvgIpc) is 2.52. The van der Waals surface area contributed by atoms with E-state index < -0.39 is 0 Å². The van der Waals surface area contributed by atoms with Crippen molar-refractivity contribution >= 4 is 11.8 Å². The lowest BCUT2D eigenvalue weighted by molar-refractivity contribution is -0.110. The van der Waals surface area contributed by atoms with Crippen LogP contribution in [0.5, 0.6) is 0 Å². The number of rotatable bonds is 7. The smallest absolute Gasteiger partial charge is 0.0701 e. The minimum atomic E-state index is 0.228. The zero-order valence-electron chi connectivity index (χ0n) is 14.3. The zero-order valence-corrected chi connectivity index (χ0v) is 15.1. The van der Waals surface area contributed by atoms with Crippen LogP contribution in [0.3, 0.4) is 0 Å². The molecular formula is C18H35NOS. The second kappa shape index (κ2) is 8.79. The van der Waals surface area contributed by atoms with Crippen LogP contribution in [0.15, 0.2) is 0 Å². The Morgan fingerprint density at radius 1 is 1.29 bits per heavy atom. The third kappa shape index (κ3) is 4.62. The fraction of sp³-hybridized carbons (Fsp3) is 1.00. The molecule has 124 valence electrons. The predicted octanol–water partition coefficient (Wildman–Crippen LogP) is 4.48. The molecule has 0 aromatic rings. The molecule has 3 heteroatoms. The van der Waals surface area contributed by atoms with Gasteiger partial charge in [0.2, 0.25) is 0 Å². The summed E-state index contributed by atoms with van der Waals surface area (Å²) in [6, 6.07) is 0.692. The van der Waals surface area contributed by atoms with Crippen molar-refractivity contribution in [2.45, 2.75) is 76.9 Å². The Bertz CT molecular complexity index is 285. The summed E-state index contributed by atoms with van der Waals surface area (Å²) < 4.78 is 6.28. The minimum Gasteiger partial charge on any atom is -0.375 e. The third-order valence-corrected chi connectivity index (χ3v) is 6.72. The van der Waals surface area contributed by atoms with Crippen molar-refractivity contribution in [3.05, 3.63) is 0 Å². The molecule has 2 heterocycles. The molecule has 1 N–H and O–H groups in total. The fourth-order valence-electron chi connectivity index (χ4n) is 4.42. The summed E-state index contributed by atoms with van der Waals surface area (Å²) in [6.07, 6.45) is 10.5.